The van der Waals surface area contributed by atoms with Crippen molar-refractivity contribution in [3.8, 4) is 0 Å². The van der Waals surface area contributed by atoms with Gasteiger partial charge < -0.3 is 19.9 Å². The average Bonchev–Trinajstić information content (AvgIpc) is 3.09. The second-order valence-electron chi connectivity index (χ2n) is 8.03. The third-order valence-electron chi connectivity index (χ3n) is 5.41. The molecule has 9 nitrogen and oxygen atoms in total. The number of hydrogen-bond acceptors (Lipinski definition) is 5. The minimum Gasteiger partial charge on any atom is -0.345 e. The minimum absolute atomic E-state index is 0.0353. The van der Waals surface area contributed by atoms with E-state index < -0.39 is 11.1 Å². The van der Waals surface area contributed by atoms with Crippen molar-refractivity contribution >= 4 is 18.6 Å². The van der Waals surface area contributed by atoms with Gasteiger partial charge in [0, 0.05) is 45.2 Å². The van der Waals surface area contributed by atoms with Crippen LogP contribution in [-0.2, 0) is 11.2 Å². The second-order valence-corrected chi connectivity index (χ2v) is 8.03. The van der Waals surface area contributed by atoms with Gasteiger partial charge >= 0.3 is 0 Å². The lowest BCUT2D eigenvalue weighted by molar-refractivity contribution is -0.130. The van der Waals surface area contributed by atoms with E-state index in [1.54, 1.807) is 13.0 Å². The number of nitrogens with one attached hydrogen (secondary N) is 3. The number of imidazole rings is 1. The standard InChI is InChI=1S/C21H30N6O3/c1-13(2)19-16(12-17-21(30)22-14(3)20(29)24-17)23-18(25-19)6-5-7-26-8-10-27(11-9-26)15(4)28/h12-13H,3,5-11H2,1-2,4H3,(H,22,30)(H,23,25)(H,24,29). The second kappa shape index (κ2) is 9.25. The largest absolute Gasteiger partial charge is 0.345 e. The first-order chi connectivity index (χ1) is 14.2. The van der Waals surface area contributed by atoms with Gasteiger partial charge in [0.15, 0.2) is 0 Å². The summed E-state index contributed by atoms with van der Waals surface area (Å²) < 4.78 is 0. The Bertz CT molecular complexity index is 1120. The first kappa shape index (κ1) is 21.8. The summed E-state index contributed by atoms with van der Waals surface area (Å²) in [7, 11) is 0. The highest BCUT2D eigenvalue weighted by Gasteiger charge is 2.18. The topological polar surface area (TPSA) is 118 Å². The van der Waals surface area contributed by atoms with E-state index in [1.165, 1.54) is 0 Å². The van der Waals surface area contributed by atoms with Gasteiger partial charge in [-0.15, -0.1) is 0 Å². The molecule has 9 heteroatoms. The van der Waals surface area contributed by atoms with Crippen LogP contribution in [0.5, 0.6) is 0 Å². The van der Waals surface area contributed by atoms with Crippen LogP contribution in [0.2, 0.25) is 0 Å². The Kier molecular flexibility index (Phi) is 6.71. The number of aromatic nitrogens is 4. The van der Waals surface area contributed by atoms with Crippen molar-refractivity contribution in [2.45, 2.75) is 39.5 Å². The van der Waals surface area contributed by atoms with Crippen LogP contribution in [0.25, 0.3) is 12.7 Å². The van der Waals surface area contributed by atoms with Crippen LogP contribution in [0.3, 0.4) is 0 Å². The molecule has 0 aromatic carbocycles. The molecule has 30 heavy (non-hydrogen) atoms. The summed E-state index contributed by atoms with van der Waals surface area (Å²) in [4.78, 5) is 52.7. The van der Waals surface area contributed by atoms with Crippen LogP contribution < -0.4 is 21.8 Å². The molecule has 1 fully saturated rings. The predicted molar refractivity (Wildman–Crippen MR) is 116 cm³/mol. The van der Waals surface area contributed by atoms with Gasteiger partial charge in [-0.2, -0.15) is 0 Å². The molecule has 0 unspecified atom stereocenters. The third kappa shape index (κ3) is 5.15. The summed E-state index contributed by atoms with van der Waals surface area (Å²) in [6.45, 7) is 13.5. The van der Waals surface area contributed by atoms with E-state index in [1.807, 2.05) is 4.90 Å². The first-order valence-corrected chi connectivity index (χ1v) is 10.3. The summed E-state index contributed by atoms with van der Waals surface area (Å²) in [6.07, 6.45) is 3.33. The molecule has 0 bridgehead atoms. The molecule has 3 heterocycles. The minimum atomic E-state index is -0.424. The molecule has 0 saturated carbocycles. The molecular weight excluding hydrogens is 384 g/mol. The maximum Gasteiger partial charge on any atom is 0.272 e. The van der Waals surface area contributed by atoms with Crippen LogP contribution in [0.15, 0.2) is 9.59 Å². The zero-order chi connectivity index (χ0) is 21.8. The van der Waals surface area contributed by atoms with Gasteiger partial charge in [0.05, 0.1) is 11.0 Å². The number of rotatable bonds is 6. The summed E-state index contributed by atoms with van der Waals surface area (Å²) >= 11 is 0. The fourth-order valence-electron chi connectivity index (χ4n) is 3.63. The molecule has 0 radical (unpaired) electrons. The lowest BCUT2D eigenvalue weighted by Gasteiger charge is -2.34. The van der Waals surface area contributed by atoms with E-state index in [9.17, 15) is 14.4 Å². The summed E-state index contributed by atoms with van der Waals surface area (Å²) in [5.41, 5.74) is 0.767. The summed E-state index contributed by atoms with van der Waals surface area (Å²) in [5, 5.41) is 0.198. The highest BCUT2D eigenvalue weighted by atomic mass is 16.2. The monoisotopic (exact) mass is 414 g/mol. The quantitative estimate of drug-likeness (QED) is 0.575. The van der Waals surface area contributed by atoms with Crippen molar-refractivity contribution in [2.75, 3.05) is 32.7 Å². The number of H-pyrrole nitrogens is 3. The Morgan fingerprint density at radius 2 is 1.83 bits per heavy atom. The molecule has 3 N–H and O–H groups in total. The normalized spacial score (nSPS) is 15.9. The number of amides is 1. The van der Waals surface area contributed by atoms with Crippen molar-refractivity contribution in [1.82, 2.24) is 29.7 Å². The summed E-state index contributed by atoms with van der Waals surface area (Å²) in [5.74, 6) is 1.19. The van der Waals surface area contributed by atoms with E-state index >= 15 is 0 Å². The lowest BCUT2D eigenvalue weighted by atomic mass is 10.1. The molecule has 1 saturated heterocycles. The highest BCUT2D eigenvalue weighted by Crippen LogP contribution is 2.18. The maximum atomic E-state index is 12.1. The van der Waals surface area contributed by atoms with E-state index in [0.717, 1.165) is 57.1 Å². The first-order valence-electron chi connectivity index (χ1n) is 10.3. The fraction of sp³-hybridized carbons (Fsp3) is 0.524. The number of aromatic amines is 3. The van der Waals surface area contributed by atoms with E-state index in [0.29, 0.717) is 5.69 Å². The van der Waals surface area contributed by atoms with Gasteiger partial charge in [-0.25, -0.2) is 4.98 Å². The maximum absolute atomic E-state index is 12.1. The number of aryl methyl sites for hydroxylation is 1. The smallest absolute Gasteiger partial charge is 0.272 e. The van der Waals surface area contributed by atoms with Gasteiger partial charge in [0.25, 0.3) is 11.1 Å². The fourth-order valence-corrected chi connectivity index (χ4v) is 3.63. The van der Waals surface area contributed by atoms with Gasteiger partial charge in [-0.05, 0) is 25.0 Å². The van der Waals surface area contributed by atoms with Crippen LogP contribution in [0.4, 0.5) is 0 Å². The number of piperazine rings is 1. The Hall–Kier alpha value is -2.94. The molecule has 1 aliphatic rings. The Morgan fingerprint density at radius 3 is 2.47 bits per heavy atom. The third-order valence-corrected chi connectivity index (χ3v) is 5.41. The van der Waals surface area contributed by atoms with Crippen LogP contribution in [0, 0.1) is 0 Å². The SMILES string of the molecule is C=c1[nH]c(=O)c(=Cc2nc(CCCN3CCN(C(C)=O)CC3)[nH]c2C(C)C)[nH]c1=O. The van der Waals surface area contributed by atoms with Gasteiger partial charge in [0.2, 0.25) is 5.91 Å². The Balaban J connectivity index is 1.70. The molecule has 1 amide bonds. The van der Waals surface area contributed by atoms with Gasteiger partial charge in [-0.1, -0.05) is 20.4 Å². The van der Waals surface area contributed by atoms with Crippen LogP contribution >= 0.6 is 0 Å². The van der Waals surface area contributed by atoms with E-state index in [-0.39, 0.29) is 22.5 Å². The molecule has 1 aliphatic heterocycles. The van der Waals surface area contributed by atoms with E-state index in [2.05, 4.69) is 45.3 Å². The zero-order valence-electron chi connectivity index (χ0n) is 17.9. The molecule has 0 aliphatic carbocycles. The molecule has 0 atom stereocenters. The predicted octanol–water partition coefficient (Wildman–Crippen LogP) is -0.754. The van der Waals surface area contributed by atoms with Crippen molar-refractivity contribution in [2.24, 2.45) is 0 Å². The molecule has 0 spiro atoms. The van der Waals surface area contributed by atoms with E-state index in [4.69, 9.17) is 0 Å². The van der Waals surface area contributed by atoms with Crippen LogP contribution in [0.1, 0.15) is 50.3 Å². The van der Waals surface area contributed by atoms with Crippen molar-refractivity contribution in [1.29, 1.82) is 0 Å². The van der Waals surface area contributed by atoms with Gasteiger partial charge in [-0.3, -0.25) is 19.3 Å². The number of nitrogens with zero attached hydrogens (tertiary/aromatic N) is 3. The molecule has 2 aromatic heterocycles. The number of carbonyl (C=O) groups excluding carboxylic acids is 1. The summed E-state index contributed by atoms with van der Waals surface area (Å²) in [6, 6.07) is 0. The number of hydrogen-bond donors (Lipinski definition) is 3. The highest BCUT2D eigenvalue weighted by molar-refractivity contribution is 5.73. The lowest BCUT2D eigenvalue weighted by Crippen LogP contribution is -2.48. The average molecular weight is 415 g/mol. The van der Waals surface area contributed by atoms with Gasteiger partial charge in [0.1, 0.15) is 11.2 Å². The van der Waals surface area contributed by atoms with Crippen molar-refractivity contribution in [3.05, 3.63) is 48.6 Å². The Morgan fingerprint density at radius 1 is 1.13 bits per heavy atom. The molecule has 162 valence electrons. The Labute approximate surface area is 174 Å². The molecule has 3 rings (SSSR count). The molecular formula is C21H30N6O3. The van der Waals surface area contributed by atoms with Crippen molar-refractivity contribution < 1.29 is 4.79 Å². The van der Waals surface area contributed by atoms with Crippen LogP contribution in [-0.4, -0.2) is 68.4 Å². The zero-order valence-corrected chi connectivity index (χ0v) is 17.9. The molecule has 2 aromatic rings. The van der Waals surface area contributed by atoms with Crippen molar-refractivity contribution in [3.63, 3.8) is 0 Å². The number of carbonyl (C=O) groups is 1.